The van der Waals surface area contributed by atoms with Gasteiger partial charge in [0.05, 0.1) is 16.4 Å². The number of hydrogen-bond donors (Lipinski definition) is 1. The Balaban J connectivity index is 2.71. The number of imidazole rings is 1. The second-order valence-electron chi connectivity index (χ2n) is 4.78. The minimum absolute atomic E-state index is 0.0401. The molecule has 0 spiro atoms. The van der Waals surface area contributed by atoms with Crippen molar-refractivity contribution in [3.05, 3.63) is 39.6 Å². The van der Waals surface area contributed by atoms with E-state index < -0.39 is 0 Å². The van der Waals surface area contributed by atoms with Crippen LogP contribution in [-0.4, -0.2) is 14.5 Å². The van der Waals surface area contributed by atoms with Crippen molar-refractivity contribution in [1.82, 2.24) is 14.5 Å². The predicted molar refractivity (Wildman–Crippen MR) is 73.1 cm³/mol. The zero-order chi connectivity index (χ0) is 13.0. The molecule has 0 unspecified atom stereocenters. The number of pyridine rings is 1. The summed E-state index contributed by atoms with van der Waals surface area (Å²) in [6.45, 7) is 5.90. The van der Waals surface area contributed by atoms with Gasteiger partial charge in [0.1, 0.15) is 5.82 Å². The number of nitrogens with one attached hydrogen (secondary N) is 1. The largest absolute Gasteiger partial charge is 0.331 e. The molecule has 0 fully saturated rings. The maximum Gasteiger partial charge on any atom is 0.258 e. The Hall–Kier alpha value is -2.10. The lowest BCUT2D eigenvalue weighted by atomic mass is 10.0. The number of nitrogens with zero attached hydrogens (tertiary/aromatic N) is 2. The fraction of sp³-hybridized carbons (Fsp3) is 0.286. The number of hydrogen-bond acceptors (Lipinski definition) is 2. The highest BCUT2D eigenvalue weighted by molar-refractivity contribution is 6.05. The lowest BCUT2D eigenvalue weighted by Crippen LogP contribution is -2.11. The predicted octanol–water partition coefficient (Wildman–Crippen LogP) is 2.34. The number of fused-ring (bicyclic) bond motifs is 3. The van der Waals surface area contributed by atoms with Crippen LogP contribution in [-0.2, 0) is 7.05 Å². The van der Waals surface area contributed by atoms with E-state index in [1.54, 1.807) is 0 Å². The van der Waals surface area contributed by atoms with Crippen molar-refractivity contribution in [2.75, 3.05) is 0 Å². The van der Waals surface area contributed by atoms with Gasteiger partial charge < -0.3 is 9.55 Å². The van der Waals surface area contributed by atoms with Crippen molar-refractivity contribution >= 4 is 21.8 Å². The van der Waals surface area contributed by atoms with Crippen LogP contribution in [0.5, 0.6) is 0 Å². The Morgan fingerprint density at radius 2 is 1.94 bits per heavy atom. The SMILES string of the molecule is Cc1[nH]c(=O)c2c(ccc3nc(C)n(C)c32)c1C. The van der Waals surface area contributed by atoms with Gasteiger partial charge in [-0.15, -0.1) is 0 Å². The Kier molecular flexibility index (Phi) is 2.11. The minimum atomic E-state index is -0.0401. The molecular weight excluding hydrogens is 226 g/mol. The van der Waals surface area contributed by atoms with Crippen LogP contribution in [0.15, 0.2) is 16.9 Å². The highest BCUT2D eigenvalue weighted by Gasteiger charge is 2.13. The highest BCUT2D eigenvalue weighted by Crippen LogP contribution is 2.25. The zero-order valence-corrected chi connectivity index (χ0v) is 11.0. The maximum atomic E-state index is 12.2. The van der Waals surface area contributed by atoms with Crippen LogP contribution < -0.4 is 5.56 Å². The molecule has 0 radical (unpaired) electrons. The normalized spacial score (nSPS) is 11.6. The summed E-state index contributed by atoms with van der Waals surface area (Å²) >= 11 is 0. The number of H-pyrrole nitrogens is 1. The van der Waals surface area contributed by atoms with E-state index in [0.717, 1.165) is 38.9 Å². The summed E-state index contributed by atoms with van der Waals surface area (Å²) in [5, 5.41) is 1.74. The van der Waals surface area contributed by atoms with Gasteiger partial charge in [0.2, 0.25) is 0 Å². The van der Waals surface area contributed by atoms with Crippen LogP contribution in [0.3, 0.4) is 0 Å². The third kappa shape index (κ3) is 1.26. The summed E-state index contributed by atoms with van der Waals surface area (Å²) in [6, 6.07) is 3.97. The number of aryl methyl sites for hydroxylation is 4. The zero-order valence-electron chi connectivity index (χ0n) is 11.0. The molecule has 2 heterocycles. The van der Waals surface area contributed by atoms with Crippen LogP contribution in [0, 0.1) is 20.8 Å². The summed E-state index contributed by atoms with van der Waals surface area (Å²) in [5.74, 6) is 0.912. The molecule has 2 aromatic heterocycles. The maximum absolute atomic E-state index is 12.2. The van der Waals surface area contributed by atoms with Crippen LogP contribution in [0.25, 0.3) is 21.8 Å². The average molecular weight is 241 g/mol. The van der Waals surface area contributed by atoms with Crippen molar-refractivity contribution in [2.24, 2.45) is 7.05 Å². The summed E-state index contributed by atoms with van der Waals surface area (Å²) in [7, 11) is 1.94. The van der Waals surface area contributed by atoms with Crippen LogP contribution in [0.4, 0.5) is 0 Å². The first-order valence-corrected chi connectivity index (χ1v) is 5.96. The highest BCUT2D eigenvalue weighted by atomic mass is 16.1. The Morgan fingerprint density at radius 3 is 2.67 bits per heavy atom. The number of benzene rings is 1. The van der Waals surface area contributed by atoms with Gasteiger partial charge in [-0.2, -0.15) is 0 Å². The van der Waals surface area contributed by atoms with E-state index in [1.807, 2.05) is 44.5 Å². The third-order valence-electron chi connectivity index (χ3n) is 3.75. The molecule has 0 aliphatic rings. The van der Waals surface area contributed by atoms with Crippen molar-refractivity contribution in [3.8, 4) is 0 Å². The van der Waals surface area contributed by atoms with Gasteiger partial charge in [-0.1, -0.05) is 6.07 Å². The molecule has 0 amide bonds. The molecule has 0 atom stereocenters. The summed E-state index contributed by atoms with van der Waals surface area (Å²) < 4.78 is 1.97. The number of aromatic nitrogens is 3. The average Bonchev–Trinajstić information content (AvgIpc) is 2.62. The first kappa shape index (κ1) is 11.0. The second-order valence-corrected chi connectivity index (χ2v) is 4.78. The quantitative estimate of drug-likeness (QED) is 0.656. The lowest BCUT2D eigenvalue weighted by Gasteiger charge is -2.07. The van der Waals surface area contributed by atoms with E-state index in [9.17, 15) is 4.79 Å². The van der Waals surface area contributed by atoms with Crippen LogP contribution in [0.2, 0.25) is 0 Å². The van der Waals surface area contributed by atoms with E-state index in [1.165, 1.54) is 0 Å². The second kappa shape index (κ2) is 3.45. The molecule has 92 valence electrons. The first-order chi connectivity index (χ1) is 8.50. The van der Waals surface area contributed by atoms with Crippen LogP contribution in [0.1, 0.15) is 17.1 Å². The van der Waals surface area contributed by atoms with E-state index in [0.29, 0.717) is 0 Å². The van der Waals surface area contributed by atoms with E-state index in [2.05, 4.69) is 9.97 Å². The van der Waals surface area contributed by atoms with E-state index in [-0.39, 0.29) is 5.56 Å². The van der Waals surface area contributed by atoms with Crippen molar-refractivity contribution in [2.45, 2.75) is 20.8 Å². The summed E-state index contributed by atoms with van der Waals surface area (Å²) in [6.07, 6.45) is 0. The van der Waals surface area contributed by atoms with Gasteiger partial charge in [0.15, 0.2) is 0 Å². The molecule has 0 aliphatic heterocycles. The molecule has 3 aromatic rings. The summed E-state index contributed by atoms with van der Waals surface area (Å²) in [5.41, 5.74) is 3.78. The topological polar surface area (TPSA) is 50.7 Å². The minimum Gasteiger partial charge on any atom is -0.331 e. The van der Waals surface area contributed by atoms with Gasteiger partial charge in [-0.3, -0.25) is 4.79 Å². The molecule has 0 saturated heterocycles. The molecule has 0 saturated carbocycles. The fourth-order valence-corrected chi connectivity index (χ4v) is 2.49. The van der Waals surface area contributed by atoms with Gasteiger partial charge in [-0.25, -0.2) is 4.98 Å². The van der Waals surface area contributed by atoms with Gasteiger partial charge in [0, 0.05) is 12.7 Å². The molecule has 0 bridgehead atoms. The Bertz CT molecular complexity index is 840. The molecule has 18 heavy (non-hydrogen) atoms. The standard InChI is InChI=1S/C14H15N3O/c1-7-8(2)15-14(18)12-10(7)5-6-11-13(12)17(4)9(3)16-11/h5-6H,1-4H3,(H,15,18). The van der Waals surface area contributed by atoms with E-state index >= 15 is 0 Å². The van der Waals surface area contributed by atoms with Crippen molar-refractivity contribution in [1.29, 1.82) is 0 Å². The fourth-order valence-electron chi connectivity index (χ4n) is 2.49. The molecule has 3 rings (SSSR count). The number of rotatable bonds is 0. The monoisotopic (exact) mass is 241 g/mol. The molecular formula is C14H15N3O. The van der Waals surface area contributed by atoms with Crippen molar-refractivity contribution < 1.29 is 0 Å². The smallest absolute Gasteiger partial charge is 0.258 e. The Morgan fingerprint density at radius 1 is 1.22 bits per heavy atom. The van der Waals surface area contributed by atoms with Gasteiger partial charge >= 0.3 is 0 Å². The van der Waals surface area contributed by atoms with Crippen molar-refractivity contribution in [3.63, 3.8) is 0 Å². The van der Waals surface area contributed by atoms with Gasteiger partial charge in [0.25, 0.3) is 5.56 Å². The van der Waals surface area contributed by atoms with Crippen LogP contribution >= 0.6 is 0 Å². The molecule has 4 nitrogen and oxygen atoms in total. The molecule has 4 heteroatoms. The Labute approximate surface area is 104 Å². The number of aromatic amines is 1. The molecule has 1 N–H and O–H groups in total. The molecule has 0 aliphatic carbocycles. The lowest BCUT2D eigenvalue weighted by molar-refractivity contribution is 0.887. The van der Waals surface area contributed by atoms with E-state index in [4.69, 9.17) is 0 Å². The molecule has 1 aromatic carbocycles. The first-order valence-electron chi connectivity index (χ1n) is 5.96. The third-order valence-corrected chi connectivity index (χ3v) is 3.75. The van der Waals surface area contributed by atoms with Gasteiger partial charge in [-0.05, 0) is 37.8 Å². The summed E-state index contributed by atoms with van der Waals surface area (Å²) in [4.78, 5) is 19.6.